The Hall–Kier alpha value is -2.18. The van der Waals surface area contributed by atoms with Crippen LogP contribution in [0.15, 0.2) is 47.8 Å². The highest BCUT2D eigenvalue weighted by atomic mass is 32.1. The van der Waals surface area contributed by atoms with Gasteiger partial charge in [0.1, 0.15) is 0 Å². The number of nitrogens with zero attached hydrogens (tertiary/aromatic N) is 1. The first-order valence-corrected chi connectivity index (χ1v) is 8.83. The van der Waals surface area contributed by atoms with Crippen molar-refractivity contribution in [2.75, 3.05) is 19.7 Å². The second-order valence-corrected chi connectivity index (χ2v) is 6.31. The highest BCUT2D eigenvalue weighted by Crippen LogP contribution is 2.09. The van der Waals surface area contributed by atoms with Crippen LogP contribution in [0, 0.1) is 0 Å². The molecule has 0 unspecified atom stereocenters. The van der Waals surface area contributed by atoms with Gasteiger partial charge in [-0.1, -0.05) is 36.4 Å². The third kappa shape index (κ3) is 5.79. The largest absolute Gasteiger partial charge is 0.395 e. The van der Waals surface area contributed by atoms with Crippen molar-refractivity contribution in [2.45, 2.75) is 19.4 Å². The lowest BCUT2D eigenvalue weighted by atomic mass is 10.2. The number of rotatable bonds is 9. The molecule has 0 aliphatic carbocycles. The zero-order valence-electron chi connectivity index (χ0n) is 13.5. The maximum absolute atomic E-state index is 12.3. The summed E-state index contributed by atoms with van der Waals surface area (Å²) in [7, 11) is 0. The van der Waals surface area contributed by atoms with Gasteiger partial charge in [0, 0.05) is 26.1 Å². The summed E-state index contributed by atoms with van der Waals surface area (Å²) in [6.45, 7) is 1.20. The van der Waals surface area contributed by atoms with Crippen LogP contribution >= 0.6 is 11.3 Å². The van der Waals surface area contributed by atoms with Crippen molar-refractivity contribution in [3.63, 3.8) is 0 Å². The number of thiophene rings is 1. The van der Waals surface area contributed by atoms with Gasteiger partial charge in [-0.3, -0.25) is 9.59 Å². The molecular weight excluding hydrogens is 324 g/mol. The minimum absolute atomic E-state index is 0.0155. The van der Waals surface area contributed by atoms with E-state index in [0.717, 1.165) is 5.56 Å². The first-order valence-electron chi connectivity index (χ1n) is 7.95. The van der Waals surface area contributed by atoms with Crippen molar-refractivity contribution in [1.29, 1.82) is 0 Å². The molecule has 24 heavy (non-hydrogen) atoms. The van der Waals surface area contributed by atoms with Crippen LogP contribution in [0.5, 0.6) is 0 Å². The number of hydrogen-bond donors (Lipinski definition) is 2. The van der Waals surface area contributed by atoms with E-state index >= 15 is 0 Å². The molecule has 2 rings (SSSR count). The zero-order chi connectivity index (χ0) is 17.2. The van der Waals surface area contributed by atoms with Crippen LogP contribution in [0.4, 0.5) is 0 Å². The average molecular weight is 346 g/mol. The first-order chi connectivity index (χ1) is 11.7. The second kappa shape index (κ2) is 9.85. The SMILES string of the molecule is O=C(NCCCC(=O)N(CCO)Cc1ccccc1)c1cccs1. The number of aliphatic hydroxyl groups is 1. The van der Waals surface area contributed by atoms with Gasteiger partial charge in [0.15, 0.2) is 0 Å². The maximum Gasteiger partial charge on any atom is 0.261 e. The van der Waals surface area contributed by atoms with Crippen LogP contribution in [0.25, 0.3) is 0 Å². The number of hydrogen-bond acceptors (Lipinski definition) is 4. The van der Waals surface area contributed by atoms with E-state index in [-0.39, 0.29) is 18.4 Å². The normalized spacial score (nSPS) is 10.4. The van der Waals surface area contributed by atoms with Gasteiger partial charge in [0.05, 0.1) is 11.5 Å². The summed E-state index contributed by atoms with van der Waals surface area (Å²) in [5, 5.41) is 13.8. The molecule has 2 aromatic rings. The second-order valence-electron chi connectivity index (χ2n) is 5.36. The summed E-state index contributed by atoms with van der Waals surface area (Å²) >= 11 is 1.39. The molecule has 0 aliphatic heterocycles. The van der Waals surface area contributed by atoms with Gasteiger partial charge in [-0.2, -0.15) is 0 Å². The lowest BCUT2D eigenvalue weighted by molar-refractivity contribution is -0.132. The van der Waals surface area contributed by atoms with Crippen LogP contribution in [-0.2, 0) is 11.3 Å². The van der Waals surface area contributed by atoms with Crippen LogP contribution in [0.1, 0.15) is 28.1 Å². The van der Waals surface area contributed by atoms with E-state index in [4.69, 9.17) is 5.11 Å². The fourth-order valence-corrected chi connectivity index (χ4v) is 2.95. The highest BCUT2D eigenvalue weighted by molar-refractivity contribution is 7.12. The predicted molar refractivity (Wildman–Crippen MR) is 94.8 cm³/mol. The molecule has 0 saturated heterocycles. The van der Waals surface area contributed by atoms with Crippen molar-refractivity contribution < 1.29 is 14.7 Å². The van der Waals surface area contributed by atoms with Crippen molar-refractivity contribution in [2.24, 2.45) is 0 Å². The van der Waals surface area contributed by atoms with E-state index in [1.165, 1.54) is 11.3 Å². The van der Waals surface area contributed by atoms with E-state index in [2.05, 4.69) is 5.32 Å². The molecule has 0 atom stereocenters. The third-order valence-electron chi connectivity index (χ3n) is 3.54. The number of benzene rings is 1. The number of amides is 2. The third-order valence-corrected chi connectivity index (χ3v) is 4.41. The molecule has 5 nitrogen and oxygen atoms in total. The lowest BCUT2D eigenvalue weighted by Gasteiger charge is -2.22. The summed E-state index contributed by atoms with van der Waals surface area (Å²) in [4.78, 5) is 26.4. The Labute approximate surface area is 145 Å². The van der Waals surface area contributed by atoms with Gasteiger partial charge >= 0.3 is 0 Å². The van der Waals surface area contributed by atoms with Gasteiger partial charge in [0.2, 0.25) is 5.91 Å². The summed E-state index contributed by atoms with van der Waals surface area (Å²) < 4.78 is 0. The number of aliphatic hydroxyl groups excluding tert-OH is 1. The zero-order valence-corrected chi connectivity index (χ0v) is 14.3. The number of carbonyl (C=O) groups is 2. The maximum atomic E-state index is 12.3. The molecule has 128 valence electrons. The average Bonchev–Trinajstić information content (AvgIpc) is 3.13. The van der Waals surface area contributed by atoms with Crippen LogP contribution < -0.4 is 5.32 Å². The Morgan fingerprint density at radius 2 is 1.92 bits per heavy atom. The topological polar surface area (TPSA) is 69.6 Å². The Morgan fingerprint density at radius 1 is 1.12 bits per heavy atom. The van der Waals surface area contributed by atoms with Crippen molar-refractivity contribution in [1.82, 2.24) is 10.2 Å². The molecule has 0 bridgehead atoms. The van der Waals surface area contributed by atoms with Gasteiger partial charge < -0.3 is 15.3 Å². The van der Waals surface area contributed by atoms with Gasteiger partial charge in [-0.05, 0) is 23.4 Å². The Balaban J connectivity index is 1.75. The smallest absolute Gasteiger partial charge is 0.261 e. The van der Waals surface area contributed by atoms with Gasteiger partial charge in [-0.25, -0.2) is 0 Å². The summed E-state index contributed by atoms with van der Waals surface area (Å²) in [5.74, 6) is -0.118. The first kappa shape index (κ1) is 18.2. The molecule has 1 aromatic carbocycles. The molecule has 6 heteroatoms. The van der Waals surface area contributed by atoms with Crippen LogP contribution in [0.2, 0.25) is 0 Å². The van der Waals surface area contributed by atoms with E-state index in [0.29, 0.717) is 37.4 Å². The quantitative estimate of drug-likeness (QED) is 0.685. The minimum atomic E-state index is -0.103. The molecule has 0 saturated carbocycles. The Morgan fingerprint density at radius 3 is 2.58 bits per heavy atom. The number of carbonyl (C=O) groups excluding carboxylic acids is 2. The molecule has 2 N–H and O–H groups in total. The van der Waals surface area contributed by atoms with E-state index in [9.17, 15) is 9.59 Å². The lowest BCUT2D eigenvalue weighted by Crippen LogP contribution is -2.33. The minimum Gasteiger partial charge on any atom is -0.395 e. The molecule has 2 amide bonds. The predicted octanol–water partition coefficient (Wildman–Crippen LogP) is 2.28. The Bertz CT molecular complexity index is 629. The van der Waals surface area contributed by atoms with Gasteiger partial charge in [-0.15, -0.1) is 11.3 Å². The summed E-state index contributed by atoms with van der Waals surface area (Å²) in [6.07, 6.45) is 0.921. The van der Waals surface area contributed by atoms with Crippen molar-refractivity contribution in [3.05, 3.63) is 58.3 Å². The molecule has 1 aromatic heterocycles. The Kier molecular flexibility index (Phi) is 7.45. The number of nitrogens with one attached hydrogen (secondary N) is 1. The monoisotopic (exact) mass is 346 g/mol. The molecule has 0 fully saturated rings. The van der Waals surface area contributed by atoms with E-state index in [1.54, 1.807) is 11.0 Å². The van der Waals surface area contributed by atoms with Crippen molar-refractivity contribution >= 4 is 23.2 Å². The fourth-order valence-electron chi connectivity index (χ4n) is 2.31. The molecular formula is C18H22N2O3S. The molecule has 0 radical (unpaired) electrons. The molecule has 1 heterocycles. The van der Waals surface area contributed by atoms with E-state index in [1.807, 2.05) is 41.8 Å². The van der Waals surface area contributed by atoms with Gasteiger partial charge in [0.25, 0.3) is 5.91 Å². The highest BCUT2D eigenvalue weighted by Gasteiger charge is 2.13. The van der Waals surface area contributed by atoms with E-state index < -0.39 is 0 Å². The molecule has 0 aliphatic rings. The fraction of sp³-hybridized carbons (Fsp3) is 0.333. The summed E-state index contributed by atoms with van der Waals surface area (Å²) in [5.41, 5.74) is 1.03. The van der Waals surface area contributed by atoms with Crippen molar-refractivity contribution in [3.8, 4) is 0 Å². The molecule has 0 spiro atoms. The standard InChI is InChI=1S/C18H22N2O3S/c21-12-11-20(14-15-6-2-1-3-7-15)17(22)9-4-10-19-18(23)16-8-5-13-24-16/h1-3,5-8,13,21H,4,9-12,14H2,(H,19,23). The summed E-state index contributed by atoms with van der Waals surface area (Å²) in [6, 6.07) is 13.3. The van der Waals surface area contributed by atoms with Crippen LogP contribution in [-0.4, -0.2) is 41.5 Å². The van der Waals surface area contributed by atoms with Crippen LogP contribution in [0.3, 0.4) is 0 Å².